The van der Waals surface area contributed by atoms with Gasteiger partial charge in [0, 0.05) is 27.3 Å². The van der Waals surface area contributed by atoms with Crippen LogP contribution in [0.4, 0.5) is 13.2 Å². The Balaban J connectivity index is 3.09. The number of halogens is 4. The van der Waals surface area contributed by atoms with Crippen LogP contribution >= 0.6 is 11.6 Å². The average Bonchev–Trinajstić information content (AvgIpc) is 2.37. The molecule has 0 atom stereocenters. The average molecular weight is 346 g/mol. The fourth-order valence-corrected chi connectivity index (χ4v) is 3.07. The summed E-state index contributed by atoms with van der Waals surface area (Å²) in [5, 5.41) is -0.538. The lowest BCUT2D eigenvalue weighted by Crippen LogP contribution is -2.28. The van der Waals surface area contributed by atoms with E-state index in [2.05, 4.69) is 0 Å². The Kier molecular flexibility index (Phi) is 6.03. The predicted molar refractivity (Wildman–Crippen MR) is 72.8 cm³/mol. The van der Waals surface area contributed by atoms with E-state index in [1.54, 1.807) is 0 Å². The molecule has 0 aromatic heterocycles. The number of sulfonamides is 1. The van der Waals surface area contributed by atoms with Gasteiger partial charge < -0.3 is 4.74 Å². The Morgan fingerprint density at radius 2 is 1.95 bits per heavy atom. The van der Waals surface area contributed by atoms with Gasteiger partial charge >= 0.3 is 6.18 Å². The van der Waals surface area contributed by atoms with E-state index in [4.69, 9.17) is 16.3 Å². The molecular weight excluding hydrogens is 331 g/mol. The first-order valence-corrected chi connectivity index (χ1v) is 7.74. The van der Waals surface area contributed by atoms with Crippen molar-refractivity contribution < 1.29 is 26.3 Å². The predicted octanol–water partition coefficient (Wildman–Crippen LogP) is 3.02. The topological polar surface area (TPSA) is 46.6 Å². The van der Waals surface area contributed by atoms with Crippen LogP contribution in [-0.2, 0) is 20.9 Å². The molecule has 0 fully saturated rings. The summed E-state index contributed by atoms with van der Waals surface area (Å²) in [7, 11) is -1.23. The molecule has 4 nitrogen and oxygen atoms in total. The largest absolute Gasteiger partial charge is 0.417 e. The molecule has 9 heteroatoms. The number of ether oxygens (including phenoxy) is 1. The third-order valence-electron chi connectivity index (χ3n) is 2.77. The van der Waals surface area contributed by atoms with Crippen molar-refractivity contribution in [3.8, 4) is 0 Å². The van der Waals surface area contributed by atoms with E-state index >= 15 is 0 Å². The summed E-state index contributed by atoms with van der Waals surface area (Å²) < 4.78 is 68.4. The maximum atomic E-state index is 12.8. The molecule has 0 aliphatic heterocycles. The van der Waals surface area contributed by atoms with Crippen molar-refractivity contribution in [2.45, 2.75) is 17.5 Å². The normalized spacial score (nSPS) is 12.9. The molecule has 1 aromatic carbocycles. The Hall–Kier alpha value is -0.830. The second-order valence-electron chi connectivity index (χ2n) is 4.31. The number of alkyl halides is 3. The quantitative estimate of drug-likeness (QED) is 0.745. The third kappa shape index (κ3) is 4.57. The first-order chi connectivity index (χ1) is 9.60. The van der Waals surface area contributed by atoms with E-state index in [0.29, 0.717) is 19.1 Å². The summed E-state index contributed by atoms with van der Waals surface area (Å²) in [5.74, 6) is 0. The van der Waals surface area contributed by atoms with Gasteiger partial charge in [0.1, 0.15) is 0 Å². The van der Waals surface area contributed by atoms with Crippen LogP contribution < -0.4 is 0 Å². The van der Waals surface area contributed by atoms with Crippen molar-refractivity contribution in [1.82, 2.24) is 4.31 Å². The molecule has 0 N–H and O–H groups in total. The smallest absolute Gasteiger partial charge is 0.385 e. The first-order valence-electron chi connectivity index (χ1n) is 5.92. The number of nitrogens with zero attached hydrogens (tertiary/aromatic N) is 1. The van der Waals surface area contributed by atoms with Crippen LogP contribution in [0.15, 0.2) is 23.1 Å². The molecule has 0 radical (unpaired) electrons. The lowest BCUT2D eigenvalue weighted by atomic mass is 10.2. The molecule has 0 aliphatic rings. The van der Waals surface area contributed by atoms with E-state index in [9.17, 15) is 21.6 Å². The Morgan fingerprint density at radius 1 is 1.33 bits per heavy atom. The van der Waals surface area contributed by atoms with Gasteiger partial charge in [-0.2, -0.15) is 13.2 Å². The van der Waals surface area contributed by atoms with Crippen molar-refractivity contribution in [3.63, 3.8) is 0 Å². The zero-order chi connectivity index (χ0) is 16.3. The molecular formula is C12H15ClF3NO3S. The van der Waals surface area contributed by atoms with E-state index in [1.807, 2.05) is 0 Å². The minimum Gasteiger partial charge on any atom is -0.385 e. The van der Waals surface area contributed by atoms with Gasteiger partial charge in [-0.3, -0.25) is 0 Å². The molecule has 0 aliphatic carbocycles. The lowest BCUT2D eigenvalue weighted by Gasteiger charge is -2.18. The van der Waals surface area contributed by atoms with Crippen LogP contribution in [-0.4, -0.2) is 40.0 Å². The Labute approximate surface area is 126 Å². The molecule has 1 aromatic rings. The minimum atomic E-state index is -4.71. The molecule has 0 bridgehead atoms. The fourth-order valence-electron chi connectivity index (χ4n) is 1.61. The highest BCUT2D eigenvalue weighted by molar-refractivity contribution is 7.89. The molecule has 0 saturated carbocycles. The van der Waals surface area contributed by atoms with E-state index in [1.165, 1.54) is 14.2 Å². The summed E-state index contributed by atoms with van der Waals surface area (Å²) in [6.07, 6.45) is -4.27. The Morgan fingerprint density at radius 3 is 2.48 bits per heavy atom. The monoisotopic (exact) mass is 345 g/mol. The minimum absolute atomic E-state index is 0.139. The zero-order valence-corrected chi connectivity index (χ0v) is 13.0. The van der Waals surface area contributed by atoms with Gasteiger partial charge in [-0.15, -0.1) is 0 Å². The standard InChI is InChI=1S/C12H15ClF3NO3S/c1-17(6-3-7-20-2)21(18,19)9-4-5-11(13)10(8-9)12(14,15)16/h4-5,8H,3,6-7H2,1-2H3. The number of benzene rings is 1. The summed E-state index contributed by atoms with van der Waals surface area (Å²) in [5.41, 5.74) is -1.17. The lowest BCUT2D eigenvalue weighted by molar-refractivity contribution is -0.137. The molecule has 0 heterocycles. The molecule has 0 saturated heterocycles. The van der Waals surface area contributed by atoms with Crippen LogP contribution in [0, 0.1) is 0 Å². The summed E-state index contributed by atoms with van der Waals surface area (Å²) >= 11 is 5.47. The zero-order valence-electron chi connectivity index (χ0n) is 11.4. The van der Waals surface area contributed by atoms with Crippen LogP contribution in [0.2, 0.25) is 5.02 Å². The number of methoxy groups -OCH3 is 1. The van der Waals surface area contributed by atoms with Crippen molar-refractivity contribution in [2.75, 3.05) is 27.3 Å². The molecule has 21 heavy (non-hydrogen) atoms. The number of hydrogen-bond donors (Lipinski definition) is 0. The molecule has 1 rings (SSSR count). The Bertz CT molecular complexity index is 590. The van der Waals surface area contributed by atoms with E-state index in [-0.39, 0.29) is 6.54 Å². The van der Waals surface area contributed by atoms with Gasteiger partial charge in [-0.1, -0.05) is 11.6 Å². The third-order valence-corrected chi connectivity index (χ3v) is 4.96. The van der Waals surface area contributed by atoms with Crippen LogP contribution in [0.5, 0.6) is 0 Å². The molecule has 0 amide bonds. The van der Waals surface area contributed by atoms with Crippen molar-refractivity contribution in [3.05, 3.63) is 28.8 Å². The van der Waals surface area contributed by atoms with Crippen LogP contribution in [0.25, 0.3) is 0 Å². The van der Waals surface area contributed by atoms with Crippen molar-refractivity contribution >= 4 is 21.6 Å². The van der Waals surface area contributed by atoms with Gasteiger partial charge in [0.25, 0.3) is 0 Å². The van der Waals surface area contributed by atoms with Crippen LogP contribution in [0.3, 0.4) is 0 Å². The van der Waals surface area contributed by atoms with Gasteiger partial charge in [-0.25, -0.2) is 12.7 Å². The first kappa shape index (κ1) is 18.2. The van der Waals surface area contributed by atoms with Gasteiger partial charge in [0.05, 0.1) is 15.5 Å². The maximum absolute atomic E-state index is 12.8. The fraction of sp³-hybridized carbons (Fsp3) is 0.500. The molecule has 120 valence electrons. The second kappa shape index (κ2) is 6.95. The second-order valence-corrected chi connectivity index (χ2v) is 6.76. The molecule has 0 spiro atoms. The number of rotatable bonds is 6. The van der Waals surface area contributed by atoms with Crippen molar-refractivity contribution in [1.29, 1.82) is 0 Å². The highest BCUT2D eigenvalue weighted by Crippen LogP contribution is 2.36. The highest BCUT2D eigenvalue weighted by Gasteiger charge is 2.35. The van der Waals surface area contributed by atoms with Gasteiger partial charge in [-0.05, 0) is 24.6 Å². The summed E-state index contributed by atoms with van der Waals surface area (Å²) in [4.78, 5) is -0.445. The maximum Gasteiger partial charge on any atom is 0.417 e. The van der Waals surface area contributed by atoms with Gasteiger partial charge in [0.15, 0.2) is 0 Å². The molecule has 0 unspecified atom stereocenters. The number of hydrogen-bond acceptors (Lipinski definition) is 3. The highest BCUT2D eigenvalue weighted by atomic mass is 35.5. The van der Waals surface area contributed by atoms with Gasteiger partial charge in [0.2, 0.25) is 10.0 Å². The van der Waals surface area contributed by atoms with E-state index in [0.717, 1.165) is 16.4 Å². The van der Waals surface area contributed by atoms with Crippen molar-refractivity contribution in [2.24, 2.45) is 0 Å². The summed E-state index contributed by atoms with van der Waals surface area (Å²) in [6, 6.07) is 2.53. The van der Waals surface area contributed by atoms with Crippen LogP contribution in [0.1, 0.15) is 12.0 Å². The van der Waals surface area contributed by atoms with E-state index < -0.39 is 31.7 Å². The SMILES string of the molecule is COCCCN(C)S(=O)(=O)c1ccc(Cl)c(C(F)(F)F)c1. The summed E-state index contributed by atoms with van der Waals surface area (Å²) in [6.45, 7) is 0.494.